The summed E-state index contributed by atoms with van der Waals surface area (Å²) in [6.07, 6.45) is -0.921. The van der Waals surface area contributed by atoms with Gasteiger partial charge in [0.1, 0.15) is 12.1 Å². The van der Waals surface area contributed by atoms with E-state index in [4.69, 9.17) is 23.2 Å². The Morgan fingerprint density at radius 2 is 1.90 bits per heavy atom. The molecule has 1 heterocycles. The van der Waals surface area contributed by atoms with Crippen molar-refractivity contribution in [2.75, 3.05) is 44.5 Å². The van der Waals surface area contributed by atoms with Gasteiger partial charge < -0.3 is 15.3 Å². The molecule has 2 fully saturated rings. The molecule has 29 heavy (non-hydrogen) atoms. The summed E-state index contributed by atoms with van der Waals surface area (Å²) in [4.78, 5) is 40.2. The quantitative estimate of drug-likeness (QED) is 0.383. The fourth-order valence-electron chi connectivity index (χ4n) is 4.39. The largest absolute Gasteiger partial charge is 0.481 e. The van der Waals surface area contributed by atoms with E-state index in [9.17, 15) is 23.9 Å². The molecule has 0 spiro atoms. The summed E-state index contributed by atoms with van der Waals surface area (Å²) in [5.74, 6) is -2.67. The Balaban J connectivity index is 1.96. The van der Waals surface area contributed by atoms with E-state index in [1.807, 2.05) is 16.7 Å². The third-order valence-corrected chi connectivity index (χ3v) is 6.32. The number of hydrogen-bond acceptors (Lipinski definition) is 5. The second-order valence-corrected chi connectivity index (χ2v) is 8.44. The van der Waals surface area contributed by atoms with Crippen molar-refractivity contribution in [3.63, 3.8) is 0 Å². The Morgan fingerprint density at radius 3 is 2.45 bits per heavy atom. The first-order valence-corrected chi connectivity index (χ1v) is 11.2. The predicted molar refractivity (Wildman–Crippen MR) is 109 cm³/mol. The molecule has 0 aromatic rings. The fourth-order valence-corrected chi connectivity index (χ4v) is 4.87. The summed E-state index contributed by atoms with van der Waals surface area (Å²) in [6, 6.07) is -0.925. The van der Waals surface area contributed by atoms with Crippen LogP contribution in [-0.4, -0.2) is 95.3 Å². The Morgan fingerprint density at radius 1 is 1.24 bits per heavy atom. The van der Waals surface area contributed by atoms with E-state index in [0.717, 1.165) is 0 Å². The van der Waals surface area contributed by atoms with Crippen molar-refractivity contribution in [3.8, 4) is 0 Å². The van der Waals surface area contributed by atoms with Gasteiger partial charge in [0.25, 0.3) is 0 Å². The molecule has 5 unspecified atom stereocenters. The fraction of sp³-hybridized carbons (Fsp3) is 0.842. The molecular formula is C19H30Cl2FN3O4. The Hall–Kier alpha value is -0.960. The van der Waals surface area contributed by atoms with Crippen LogP contribution in [0.2, 0.25) is 0 Å². The highest BCUT2D eigenvalue weighted by atomic mass is 35.5. The average Bonchev–Trinajstić information content (AvgIpc) is 2.68. The molecule has 2 aliphatic rings. The second-order valence-electron chi connectivity index (χ2n) is 7.69. The van der Waals surface area contributed by atoms with Gasteiger partial charge in [-0.15, -0.1) is 23.2 Å². The van der Waals surface area contributed by atoms with Crippen molar-refractivity contribution < 1.29 is 23.9 Å². The van der Waals surface area contributed by atoms with Gasteiger partial charge in [-0.2, -0.15) is 0 Å². The van der Waals surface area contributed by atoms with Crippen molar-refractivity contribution in [1.29, 1.82) is 0 Å². The zero-order valence-corrected chi connectivity index (χ0v) is 18.2. The first kappa shape index (κ1) is 24.3. The molecule has 7 nitrogen and oxygen atoms in total. The molecule has 1 aliphatic carbocycles. The van der Waals surface area contributed by atoms with Crippen LogP contribution in [0.25, 0.3) is 0 Å². The maximum Gasteiger partial charge on any atom is 0.315 e. The average molecular weight is 454 g/mol. The number of nitrogens with zero attached hydrogens (tertiary/aromatic N) is 2. The zero-order chi connectivity index (χ0) is 21.6. The van der Waals surface area contributed by atoms with E-state index in [1.165, 1.54) is 0 Å². The number of hydrogen-bond donors (Lipinski definition) is 2. The van der Waals surface area contributed by atoms with Crippen LogP contribution in [-0.2, 0) is 14.4 Å². The van der Waals surface area contributed by atoms with Gasteiger partial charge in [0.2, 0.25) is 5.91 Å². The minimum atomic E-state index is -1.38. The van der Waals surface area contributed by atoms with Crippen LogP contribution in [0.15, 0.2) is 0 Å². The minimum Gasteiger partial charge on any atom is -0.481 e. The molecular weight excluding hydrogens is 424 g/mol. The number of likely N-dealkylation sites (tertiary alicyclic amines) is 1. The van der Waals surface area contributed by atoms with Gasteiger partial charge >= 0.3 is 5.97 Å². The normalized spacial score (nSPS) is 30.2. The summed E-state index contributed by atoms with van der Waals surface area (Å²) in [5.41, 5.74) is 0. The number of fused-ring (bicyclic) bond motifs is 1. The summed E-state index contributed by atoms with van der Waals surface area (Å²) in [6.45, 7) is 4.33. The molecule has 0 radical (unpaired) electrons. The van der Waals surface area contributed by atoms with Crippen LogP contribution in [0.3, 0.4) is 0 Å². The first-order valence-electron chi connectivity index (χ1n) is 10.1. The summed E-state index contributed by atoms with van der Waals surface area (Å²) >= 11 is 11.5. The van der Waals surface area contributed by atoms with E-state index < -0.39 is 35.8 Å². The molecule has 0 aromatic carbocycles. The van der Waals surface area contributed by atoms with Crippen molar-refractivity contribution in [3.05, 3.63) is 0 Å². The molecule has 0 aromatic heterocycles. The Bertz CT molecular complexity index is 592. The van der Waals surface area contributed by atoms with Gasteiger partial charge in [0, 0.05) is 56.3 Å². The first-order chi connectivity index (χ1) is 13.8. The van der Waals surface area contributed by atoms with Crippen molar-refractivity contribution in [2.45, 2.75) is 44.4 Å². The lowest BCUT2D eigenvalue weighted by atomic mass is 9.71. The van der Waals surface area contributed by atoms with E-state index in [0.29, 0.717) is 44.4 Å². The summed E-state index contributed by atoms with van der Waals surface area (Å²) in [7, 11) is 0. The number of rotatable bonds is 10. The van der Waals surface area contributed by atoms with Gasteiger partial charge in [0.15, 0.2) is 5.78 Å². The summed E-state index contributed by atoms with van der Waals surface area (Å²) in [5, 5.41) is 12.1. The molecule has 0 bridgehead atoms. The highest BCUT2D eigenvalue weighted by Gasteiger charge is 2.50. The number of carbonyl (C=O) groups is 3. The molecule has 10 heteroatoms. The molecule has 5 atom stereocenters. The number of ketones is 1. The van der Waals surface area contributed by atoms with Crippen LogP contribution < -0.4 is 5.32 Å². The molecule has 2 rings (SSSR count). The van der Waals surface area contributed by atoms with Crippen molar-refractivity contribution in [1.82, 2.24) is 15.1 Å². The van der Waals surface area contributed by atoms with Crippen LogP contribution in [0.1, 0.15) is 26.2 Å². The number of piperidine rings is 1. The highest BCUT2D eigenvalue weighted by Crippen LogP contribution is 2.37. The molecule has 1 saturated heterocycles. The highest BCUT2D eigenvalue weighted by molar-refractivity contribution is 6.18. The third-order valence-electron chi connectivity index (χ3n) is 5.98. The van der Waals surface area contributed by atoms with Crippen LogP contribution in [0, 0.1) is 11.8 Å². The third kappa shape index (κ3) is 6.26. The van der Waals surface area contributed by atoms with Gasteiger partial charge in [0.05, 0.1) is 6.04 Å². The predicted octanol–water partition coefficient (Wildman–Crippen LogP) is 1.36. The number of carboxylic acid groups (broad SMARTS) is 1. The maximum atomic E-state index is 14.8. The molecule has 166 valence electrons. The lowest BCUT2D eigenvalue weighted by molar-refractivity contribution is -0.155. The van der Waals surface area contributed by atoms with Crippen molar-refractivity contribution >= 4 is 40.9 Å². The zero-order valence-electron chi connectivity index (χ0n) is 16.7. The van der Waals surface area contributed by atoms with Gasteiger partial charge in [-0.3, -0.25) is 19.3 Å². The van der Waals surface area contributed by atoms with E-state index in [-0.39, 0.29) is 31.3 Å². The second kappa shape index (κ2) is 11.4. The number of aliphatic carboxylic acids is 1. The standard InChI is InChI=1S/C19H30Cl2FN3O4/c1-2-25-11-13(19(28)29)18(27)12-9-14(22)15(10-16(12)25)23-17(26)3-6-24(7-4-20)8-5-21/h12-16H,2-11H2,1H3,(H,23,26)(H,28,29). The number of alkyl halides is 3. The summed E-state index contributed by atoms with van der Waals surface area (Å²) < 4.78 is 14.8. The topological polar surface area (TPSA) is 90.0 Å². The van der Waals surface area contributed by atoms with Gasteiger partial charge in [-0.1, -0.05) is 6.92 Å². The van der Waals surface area contributed by atoms with Crippen LogP contribution in [0.5, 0.6) is 0 Å². The van der Waals surface area contributed by atoms with Gasteiger partial charge in [-0.05, 0) is 19.4 Å². The molecule has 2 N–H and O–H groups in total. The lowest BCUT2D eigenvalue weighted by Crippen LogP contribution is -2.62. The monoisotopic (exact) mass is 453 g/mol. The Labute approximate surface area is 180 Å². The van der Waals surface area contributed by atoms with Crippen LogP contribution in [0.4, 0.5) is 4.39 Å². The van der Waals surface area contributed by atoms with Crippen molar-refractivity contribution in [2.24, 2.45) is 11.8 Å². The number of amides is 1. The molecule has 1 aliphatic heterocycles. The number of carbonyl (C=O) groups excluding carboxylic acids is 2. The molecule has 1 saturated carbocycles. The van der Waals surface area contributed by atoms with E-state index >= 15 is 0 Å². The van der Waals surface area contributed by atoms with E-state index in [1.54, 1.807) is 0 Å². The van der Waals surface area contributed by atoms with Gasteiger partial charge in [-0.25, -0.2) is 4.39 Å². The smallest absolute Gasteiger partial charge is 0.315 e. The SMILES string of the molecule is CCN1CC(C(=O)O)C(=O)C2CC(F)C(NC(=O)CCN(CCCl)CCCl)CC21. The molecule has 1 amide bonds. The number of halogens is 3. The maximum absolute atomic E-state index is 14.8. The number of carboxylic acids is 1. The minimum absolute atomic E-state index is 0.0562. The Kier molecular flexibility index (Phi) is 9.59. The van der Waals surface area contributed by atoms with E-state index in [2.05, 4.69) is 5.32 Å². The van der Waals surface area contributed by atoms with Crippen LogP contribution >= 0.6 is 23.2 Å². The number of Topliss-reactive ketones (excluding diaryl/α,β-unsaturated/α-hetero) is 1. The lowest BCUT2D eigenvalue weighted by Gasteiger charge is -2.47. The number of nitrogens with one attached hydrogen (secondary N) is 1.